The molecule has 5 heteroatoms. The molecule has 3 heterocycles. The highest BCUT2D eigenvalue weighted by atomic mass is 32.1. The van der Waals surface area contributed by atoms with E-state index in [1.807, 2.05) is 29.2 Å². The van der Waals surface area contributed by atoms with Crippen LogP contribution >= 0.6 is 11.3 Å². The van der Waals surface area contributed by atoms with Crippen molar-refractivity contribution in [3.05, 3.63) is 57.9 Å². The lowest BCUT2D eigenvalue weighted by atomic mass is 10.1. The number of amides is 1. The number of benzene rings is 1. The van der Waals surface area contributed by atoms with Gasteiger partial charge in [-0.15, -0.1) is 11.3 Å². The summed E-state index contributed by atoms with van der Waals surface area (Å²) < 4.78 is 5.22. The fraction of sp³-hybridized carbons (Fsp3) is 0.222. The first kappa shape index (κ1) is 14.2. The number of fused-ring (bicyclic) bond motifs is 2. The maximum atomic E-state index is 12.7. The summed E-state index contributed by atoms with van der Waals surface area (Å²) in [6, 6.07) is 11.5. The summed E-state index contributed by atoms with van der Waals surface area (Å²) in [5.41, 5.74) is 2.58. The van der Waals surface area contributed by atoms with Gasteiger partial charge in [-0.2, -0.15) is 0 Å². The highest BCUT2D eigenvalue weighted by Gasteiger charge is 2.23. The molecule has 1 aliphatic heterocycles. The molecule has 0 saturated heterocycles. The molecule has 1 aliphatic rings. The van der Waals surface area contributed by atoms with Crippen LogP contribution in [-0.2, 0) is 13.0 Å². The number of thiophene rings is 1. The number of rotatable bonds is 2. The van der Waals surface area contributed by atoms with Crippen LogP contribution in [0.15, 0.2) is 41.8 Å². The monoisotopic (exact) mass is 324 g/mol. The highest BCUT2D eigenvalue weighted by Crippen LogP contribution is 2.25. The van der Waals surface area contributed by atoms with Gasteiger partial charge in [-0.1, -0.05) is 6.07 Å². The van der Waals surface area contributed by atoms with E-state index in [1.54, 1.807) is 24.5 Å². The zero-order chi connectivity index (χ0) is 15.8. The van der Waals surface area contributed by atoms with Crippen LogP contribution < -0.4 is 4.74 Å². The van der Waals surface area contributed by atoms with Crippen molar-refractivity contribution in [2.45, 2.75) is 13.0 Å². The van der Waals surface area contributed by atoms with Gasteiger partial charge in [0.05, 0.1) is 12.6 Å². The molecule has 0 bridgehead atoms. The first-order valence-electron chi connectivity index (χ1n) is 7.54. The van der Waals surface area contributed by atoms with Gasteiger partial charge in [-0.25, -0.2) is 4.98 Å². The third kappa shape index (κ3) is 2.57. The van der Waals surface area contributed by atoms with Gasteiger partial charge >= 0.3 is 0 Å². The minimum Gasteiger partial charge on any atom is -0.497 e. The molecule has 4 nitrogen and oxygen atoms in total. The Morgan fingerprint density at radius 2 is 2.17 bits per heavy atom. The number of pyridine rings is 1. The highest BCUT2D eigenvalue weighted by molar-refractivity contribution is 7.10. The molecule has 0 spiro atoms. The Hall–Kier alpha value is -2.40. The molecule has 23 heavy (non-hydrogen) atoms. The van der Waals surface area contributed by atoms with E-state index in [9.17, 15) is 4.79 Å². The van der Waals surface area contributed by atoms with Crippen molar-refractivity contribution in [2.24, 2.45) is 0 Å². The fourth-order valence-corrected chi connectivity index (χ4v) is 3.82. The summed E-state index contributed by atoms with van der Waals surface area (Å²) in [5, 5.41) is 3.07. The molecule has 1 aromatic carbocycles. The second-order valence-electron chi connectivity index (χ2n) is 5.60. The first-order valence-corrected chi connectivity index (χ1v) is 8.42. The number of aromatic nitrogens is 1. The zero-order valence-corrected chi connectivity index (χ0v) is 13.6. The summed E-state index contributed by atoms with van der Waals surface area (Å²) in [5.74, 6) is 0.791. The summed E-state index contributed by atoms with van der Waals surface area (Å²) in [6.45, 7) is 1.44. The van der Waals surface area contributed by atoms with Crippen molar-refractivity contribution in [3.63, 3.8) is 0 Å². The number of carbonyl (C=O) groups is 1. The molecule has 1 amide bonds. The van der Waals surface area contributed by atoms with Crippen molar-refractivity contribution >= 4 is 28.1 Å². The summed E-state index contributed by atoms with van der Waals surface area (Å²) in [4.78, 5) is 20.5. The van der Waals surface area contributed by atoms with Crippen molar-refractivity contribution in [2.75, 3.05) is 13.7 Å². The Kier molecular flexibility index (Phi) is 3.50. The SMILES string of the molecule is COc1ccc2nc(C(=O)N3CCc4sccc4C3)ccc2c1. The molecule has 0 atom stereocenters. The average molecular weight is 324 g/mol. The fourth-order valence-electron chi connectivity index (χ4n) is 2.93. The molecule has 0 fully saturated rings. The van der Waals surface area contributed by atoms with Crippen molar-refractivity contribution in [3.8, 4) is 5.75 Å². The standard InChI is InChI=1S/C18H16N2O2S/c1-22-14-3-5-15-12(10-14)2-4-16(19-15)18(21)20-8-6-17-13(11-20)7-9-23-17/h2-5,7,9-10H,6,8,11H2,1H3. The van der Waals surface area contributed by atoms with E-state index in [-0.39, 0.29) is 5.91 Å². The lowest BCUT2D eigenvalue weighted by Crippen LogP contribution is -2.35. The lowest BCUT2D eigenvalue weighted by molar-refractivity contribution is 0.0730. The molecule has 116 valence electrons. The number of carbonyl (C=O) groups excluding carboxylic acids is 1. The van der Waals surface area contributed by atoms with Crippen molar-refractivity contribution < 1.29 is 9.53 Å². The molecular formula is C18H16N2O2S. The van der Waals surface area contributed by atoms with E-state index < -0.39 is 0 Å². The van der Waals surface area contributed by atoms with E-state index in [4.69, 9.17) is 4.74 Å². The molecule has 0 saturated carbocycles. The van der Waals surface area contributed by atoms with Crippen molar-refractivity contribution in [1.82, 2.24) is 9.88 Å². The van der Waals surface area contributed by atoms with Crippen LogP contribution in [0.1, 0.15) is 20.9 Å². The second kappa shape index (κ2) is 5.66. The number of methoxy groups -OCH3 is 1. The van der Waals surface area contributed by atoms with Gasteiger partial charge in [0.15, 0.2) is 0 Å². The Morgan fingerprint density at radius 3 is 3.04 bits per heavy atom. The van der Waals surface area contributed by atoms with E-state index >= 15 is 0 Å². The van der Waals surface area contributed by atoms with Gasteiger partial charge in [0.1, 0.15) is 11.4 Å². The number of hydrogen-bond donors (Lipinski definition) is 0. The summed E-state index contributed by atoms with van der Waals surface area (Å²) >= 11 is 1.77. The zero-order valence-electron chi connectivity index (χ0n) is 12.8. The molecule has 3 aromatic rings. The molecule has 0 aliphatic carbocycles. The average Bonchev–Trinajstić information content (AvgIpc) is 3.07. The Bertz CT molecular complexity index is 888. The second-order valence-corrected chi connectivity index (χ2v) is 6.60. The normalized spacial score (nSPS) is 13.9. The smallest absolute Gasteiger partial charge is 0.272 e. The quantitative estimate of drug-likeness (QED) is 0.724. The topological polar surface area (TPSA) is 42.4 Å². The minimum atomic E-state index is -0.000400. The summed E-state index contributed by atoms with van der Waals surface area (Å²) in [7, 11) is 1.64. The van der Waals surface area contributed by atoms with Gasteiger partial charge in [0.25, 0.3) is 5.91 Å². The van der Waals surface area contributed by atoms with Crippen LogP contribution in [0.4, 0.5) is 0 Å². The van der Waals surface area contributed by atoms with Crippen LogP contribution in [0, 0.1) is 0 Å². The van der Waals surface area contributed by atoms with Gasteiger partial charge in [-0.05, 0) is 47.7 Å². The largest absolute Gasteiger partial charge is 0.497 e. The van der Waals surface area contributed by atoms with E-state index in [2.05, 4.69) is 16.4 Å². The van der Waals surface area contributed by atoms with Crippen LogP contribution in [0.3, 0.4) is 0 Å². The number of ether oxygens (including phenoxy) is 1. The van der Waals surface area contributed by atoms with E-state index in [0.29, 0.717) is 12.2 Å². The Balaban J connectivity index is 1.62. The minimum absolute atomic E-state index is 0.000400. The maximum absolute atomic E-state index is 12.7. The van der Waals surface area contributed by atoms with Crippen LogP contribution in [-0.4, -0.2) is 29.4 Å². The van der Waals surface area contributed by atoms with E-state index in [0.717, 1.165) is 29.6 Å². The molecule has 0 radical (unpaired) electrons. The van der Waals surface area contributed by atoms with E-state index in [1.165, 1.54) is 10.4 Å². The molecule has 0 unspecified atom stereocenters. The number of nitrogens with zero attached hydrogens (tertiary/aromatic N) is 2. The van der Waals surface area contributed by atoms with Crippen LogP contribution in [0.5, 0.6) is 5.75 Å². The van der Waals surface area contributed by atoms with Crippen molar-refractivity contribution in [1.29, 1.82) is 0 Å². The predicted molar refractivity (Wildman–Crippen MR) is 91.1 cm³/mol. The third-order valence-corrected chi connectivity index (χ3v) is 5.23. The van der Waals surface area contributed by atoms with Gasteiger partial charge in [-0.3, -0.25) is 4.79 Å². The predicted octanol–water partition coefficient (Wildman–Crippen LogP) is 3.50. The molecular weight excluding hydrogens is 308 g/mol. The van der Waals surface area contributed by atoms with Gasteiger partial charge in [0.2, 0.25) is 0 Å². The third-order valence-electron chi connectivity index (χ3n) is 4.21. The Morgan fingerprint density at radius 1 is 1.26 bits per heavy atom. The number of hydrogen-bond acceptors (Lipinski definition) is 4. The molecule has 2 aromatic heterocycles. The Labute approximate surface area is 138 Å². The molecule has 0 N–H and O–H groups in total. The van der Waals surface area contributed by atoms with Crippen LogP contribution in [0.2, 0.25) is 0 Å². The maximum Gasteiger partial charge on any atom is 0.272 e. The van der Waals surface area contributed by atoms with Crippen LogP contribution in [0.25, 0.3) is 10.9 Å². The van der Waals surface area contributed by atoms with Gasteiger partial charge in [0, 0.05) is 23.4 Å². The first-order chi connectivity index (χ1) is 11.2. The lowest BCUT2D eigenvalue weighted by Gasteiger charge is -2.26. The summed E-state index contributed by atoms with van der Waals surface area (Å²) in [6.07, 6.45) is 0.934. The molecule has 4 rings (SSSR count). The van der Waals surface area contributed by atoms with Gasteiger partial charge < -0.3 is 9.64 Å².